The lowest BCUT2D eigenvalue weighted by atomic mass is 10.0. The number of nitrogens with zero attached hydrogens (tertiary/aromatic N) is 4. The molecule has 4 heterocycles. The van der Waals surface area contributed by atoms with E-state index in [1.165, 1.54) is 17.5 Å². The van der Waals surface area contributed by atoms with Crippen LogP contribution in [-0.2, 0) is 6.54 Å². The summed E-state index contributed by atoms with van der Waals surface area (Å²) < 4.78 is 1.78. The summed E-state index contributed by atoms with van der Waals surface area (Å²) in [6.45, 7) is 6.99. The van der Waals surface area contributed by atoms with Gasteiger partial charge in [-0.2, -0.15) is 0 Å². The molecular weight excluding hydrogens is 552 g/mol. The number of carbonyl (C=O) groups excluding carboxylic acids is 1. The molecule has 0 aliphatic carbocycles. The molecule has 0 atom stereocenters. The van der Waals surface area contributed by atoms with E-state index >= 15 is 0 Å². The number of nitrogens with one attached hydrogen (secondary N) is 2. The molecule has 42 heavy (non-hydrogen) atoms. The van der Waals surface area contributed by atoms with Crippen molar-refractivity contribution in [2.45, 2.75) is 33.7 Å². The molecule has 0 fully saturated rings. The smallest absolute Gasteiger partial charge is 0.341 e. The predicted molar refractivity (Wildman–Crippen MR) is 165 cm³/mol. The summed E-state index contributed by atoms with van der Waals surface area (Å²) >= 11 is 1.43. The highest BCUT2D eigenvalue weighted by molar-refractivity contribution is 7.13. The van der Waals surface area contributed by atoms with Crippen LogP contribution in [0.15, 0.2) is 71.2 Å². The topological polar surface area (TPSA) is 139 Å². The molecule has 10 nitrogen and oxygen atoms in total. The van der Waals surface area contributed by atoms with Crippen molar-refractivity contribution in [3.63, 3.8) is 0 Å². The summed E-state index contributed by atoms with van der Waals surface area (Å²) in [6.07, 6.45) is 5.37. The number of urea groups is 1. The second kappa shape index (κ2) is 12.3. The maximum atomic E-state index is 13.3. The first-order valence-corrected chi connectivity index (χ1v) is 14.5. The molecule has 0 aliphatic rings. The van der Waals surface area contributed by atoms with Crippen LogP contribution in [0.2, 0.25) is 0 Å². The van der Waals surface area contributed by atoms with Gasteiger partial charge in [0.2, 0.25) is 5.43 Å². The number of pyridine rings is 3. The minimum atomic E-state index is -1.28. The number of anilines is 1. The molecule has 214 valence electrons. The summed E-state index contributed by atoms with van der Waals surface area (Å²) in [5.41, 5.74) is 3.11. The number of aromatic carboxylic acids is 1. The Bertz CT molecular complexity index is 1830. The average molecular weight is 583 g/mol. The van der Waals surface area contributed by atoms with Crippen LogP contribution in [0.25, 0.3) is 44.0 Å². The Morgan fingerprint density at radius 1 is 1.05 bits per heavy atom. The zero-order valence-electron chi connectivity index (χ0n) is 23.4. The number of rotatable bonds is 9. The van der Waals surface area contributed by atoms with Crippen LogP contribution in [-0.4, -0.2) is 43.2 Å². The number of carboxylic acids is 1. The van der Waals surface area contributed by atoms with Gasteiger partial charge in [0, 0.05) is 47.6 Å². The number of hydrogen-bond donors (Lipinski definition) is 3. The van der Waals surface area contributed by atoms with Gasteiger partial charge in [0.15, 0.2) is 0 Å². The van der Waals surface area contributed by atoms with E-state index in [9.17, 15) is 19.5 Å². The van der Waals surface area contributed by atoms with Crippen molar-refractivity contribution < 1.29 is 14.7 Å². The summed E-state index contributed by atoms with van der Waals surface area (Å²) in [4.78, 5) is 51.4. The molecule has 0 spiro atoms. The largest absolute Gasteiger partial charge is 0.477 e. The summed E-state index contributed by atoms with van der Waals surface area (Å²) in [5, 5.41) is 18.1. The molecule has 3 N–H and O–H groups in total. The number of benzene rings is 1. The molecule has 0 saturated heterocycles. The van der Waals surface area contributed by atoms with Gasteiger partial charge in [-0.15, -0.1) is 11.3 Å². The third-order valence-electron chi connectivity index (χ3n) is 6.71. The summed E-state index contributed by atoms with van der Waals surface area (Å²) in [7, 11) is 0. The molecule has 4 aromatic heterocycles. The van der Waals surface area contributed by atoms with E-state index in [4.69, 9.17) is 4.98 Å². The molecule has 5 rings (SSSR count). The van der Waals surface area contributed by atoms with Gasteiger partial charge in [0.05, 0.1) is 28.5 Å². The molecule has 0 saturated carbocycles. The first-order chi connectivity index (χ1) is 20.2. The third-order valence-corrected chi connectivity index (χ3v) is 7.58. The van der Waals surface area contributed by atoms with Crippen molar-refractivity contribution in [1.29, 1.82) is 0 Å². The molecule has 5 aromatic rings. The lowest BCUT2D eigenvalue weighted by Crippen LogP contribution is -2.28. The number of carboxylic acid groups (broad SMARTS) is 1. The van der Waals surface area contributed by atoms with E-state index in [0.717, 1.165) is 17.7 Å². The summed E-state index contributed by atoms with van der Waals surface area (Å²) in [6, 6.07) is 12.7. The lowest BCUT2D eigenvalue weighted by molar-refractivity contribution is 0.0694. The van der Waals surface area contributed by atoms with Crippen molar-refractivity contribution in [2.24, 2.45) is 5.92 Å². The van der Waals surface area contributed by atoms with Crippen LogP contribution < -0.4 is 16.1 Å². The molecule has 0 radical (unpaired) electrons. The van der Waals surface area contributed by atoms with Crippen molar-refractivity contribution in [2.75, 3.05) is 11.9 Å². The number of amides is 2. The van der Waals surface area contributed by atoms with E-state index in [-0.39, 0.29) is 17.0 Å². The normalized spacial score (nSPS) is 11.1. The van der Waals surface area contributed by atoms with E-state index in [1.807, 2.05) is 42.6 Å². The van der Waals surface area contributed by atoms with Crippen LogP contribution in [0.4, 0.5) is 10.6 Å². The Kier molecular flexibility index (Phi) is 8.39. The lowest BCUT2D eigenvalue weighted by Gasteiger charge is -2.15. The average Bonchev–Trinajstić information content (AvgIpc) is 3.47. The van der Waals surface area contributed by atoms with Gasteiger partial charge in [-0.1, -0.05) is 44.2 Å². The SMILES string of the molecule is CCNC(=O)Nc1cc(-c2nc(-c3ccccc3)cs2)c(-c2cc3c(=O)c(C(=O)O)cn(CCC(C)C)c3cn2)cn1. The van der Waals surface area contributed by atoms with Crippen LogP contribution >= 0.6 is 11.3 Å². The Morgan fingerprint density at radius 3 is 2.55 bits per heavy atom. The van der Waals surface area contributed by atoms with E-state index in [0.29, 0.717) is 52.2 Å². The van der Waals surface area contributed by atoms with Crippen LogP contribution in [0, 0.1) is 5.92 Å². The minimum absolute atomic E-state index is 0.253. The van der Waals surface area contributed by atoms with Gasteiger partial charge in [-0.05, 0) is 31.4 Å². The summed E-state index contributed by atoms with van der Waals surface area (Å²) in [5.74, 6) is -0.571. The van der Waals surface area contributed by atoms with Gasteiger partial charge in [0.25, 0.3) is 0 Å². The zero-order chi connectivity index (χ0) is 29.8. The molecular formula is C31H30N6O4S. The third kappa shape index (κ3) is 6.06. The van der Waals surface area contributed by atoms with Crippen LogP contribution in [0.1, 0.15) is 37.6 Å². The van der Waals surface area contributed by atoms with E-state index < -0.39 is 11.4 Å². The quantitative estimate of drug-likeness (QED) is 0.190. The zero-order valence-corrected chi connectivity index (χ0v) is 24.2. The fourth-order valence-electron chi connectivity index (χ4n) is 4.53. The van der Waals surface area contributed by atoms with Crippen LogP contribution in [0.5, 0.6) is 0 Å². The van der Waals surface area contributed by atoms with E-state index in [2.05, 4.69) is 34.4 Å². The number of hydrogen-bond acceptors (Lipinski definition) is 7. The van der Waals surface area contributed by atoms with Crippen molar-refractivity contribution in [3.8, 4) is 33.1 Å². The maximum Gasteiger partial charge on any atom is 0.341 e. The molecule has 0 aliphatic heterocycles. The highest BCUT2D eigenvalue weighted by Crippen LogP contribution is 2.36. The number of aromatic nitrogens is 4. The van der Waals surface area contributed by atoms with Crippen molar-refractivity contribution in [1.82, 2.24) is 24.8 Å². The highest BCUT2D eigenvalue weighted by Gasteiger charge is 2.19. The second-order valence-corrected chi connectivity index (χ2v) is 11.0. The van der Waals surface area contributed by atoms with Crippen molar-refractivity contribution >= 4 is 40.1 Å². The van der Waals surface area contributed by atoms with Crippen molar-refractivity contribution in [3.05, 3.63) is 82.2 Å². The standard InChI is InChI=1S/C31H30N6O4S/c1-4-32-31(41)36-27-13-20(29-35-25(17-42-29)19-8-6-5-7-9-19)22(14-34-27)24-12-21-26(15-33-24)37(11-10-18(2)3)16-23(28(21)38)30(39)40/h5-9,12-18H,4,10-11H2,1-3H3,(H,39,40)(H2,32,34,36,41). The molecule has 1 aromatic carbocycles. The maximum absolute atomic E-state index is 13.3. The highest BCUT2D eigenvalue weighted by atomic mass is 32.1. The first kappa shape index (κ1) is 28.6. The second-order valence-electron chi connectivity index (χ2n) is 10.1. The predicted octanol–water partition coefficient (Wildman–Crippen LogP) is 6.13. The van der Waals surface area contributed by atoms with Gasteiger partial charge < -0.3 is 15.0 Å². The minimum Gasteiger partial charge on any atom is -0.477 e. The molecule has 0 bridgehead atoms. The number of thiazole rings is 1. The van der Waals surface area contributed by atoms with Gasteiger partial charge >= 0.3 is 12.0 Å². The number of carbonyl (C=O) groups is 2. The Hall–Kier alpha value is -4.90. The fraction of sp³-hybridized carbons (Fsp3) is 0.226. The number of fused-ring (bicyclic) bond motifs is 1. The monoisotopic (exact) mass is 582 g/mol. The fourth-order valence-corrected chi connectivity index (χ4v) is 5.39. The van der Waals surface area contributed by atoms with Gasteiger partial charge in [0.1, 0.15) is 16.4 Å². The van der Waals surface area contributed by atoms with Gasteiger partial charge in [-0.3, -0.25) is 15.1 Å². The van der Waals surface area contributed by atoms with E-state index in [1.54, 1.807) is 29.1 Å². The molecule has 0 unspecified atom stereocenters. The number of aryl methyl sites for hydroxylation is 1. The Labute approximate surface area is 246 Å². The Morgan fingerprint density at radius 2 is 1.83 bits per heavy atom. The molecule has 2 amide bonds. The van der Waals surface area contributed by atoms with Gasteiger partial charge in [-0.25, -0.2) is 19.6 Å². The molecule has 11 heteroatoms. The Balaban J connectivity index is 1.66. The van der Waals surface area contributed by atoms with Crippen LogP contribution in [0.3, 0.4) is 0 Å². The first-order valence-electron chi connectivity index (χ1n) is 13.6.